The molecule has 0 fully saturated rings. The Morgan fingerprint density at radius 3 is 1.85 bits per heavy atom. The fourth-order valence-electron chi connectivity index (χ4n) is 0.365. The van der Waals surface area contributed by atoms with Crippen LogP contribution in [0.15, 0.2) is 0 Å². The molecule has 0 saturated carbocycles. The highest BCUT2D eigenvalue weighted by molar-refractivity contribution is 5.63. The van der Waals surface area contributed by atoms with Gasteiger partial charge in [-0.1, -0.05) is 6.92 Å². The minimum atomic E-state index is -0.995. The number of nitrogens with zero attached hydrogens (tertiary/aromatic N) is 1. The topological polar surface area (TPSA) is 49.4 Å². The lowest BCUT2D eigenvalue weighted by molar-refractivity contribution is -0.870. The van der Waals surface area contributed by atoms with E-state index in [9.17, 15) is 9.90 Å². The van der Waals surface area contributed by atoms with Crippen molar-refractivity contribution in [1.82, 2.24) is 0 Å². The summed E-state index contributed by atoms with van der Waals surface area (Å²) >= 11 is 0. The molecule has 4 heteroatoms. The molecule has 0 saturated heterocycles. The second kappa shape index (κ2) is 8.01. The molecule has 0 amide bonds. The second-order valence-electron chi connectivity index (χ2n) is 3.73. The summed E-state index contributed by atoms with van der Waals surface area (Å²) in [5.74, 6) is -0.995. The molecule has 13 heavy (non-hydrogen) atoms. The van der Waals surface area contributed by atoms with E-state index in [0.717, 1.165) is 17.6 Å². The highest BCUT2D eigenvalue weighted by Gasteiger charge is 2.03. The standard InChI is InChI=1S/C6H16NO.C3H6O2/c1-7(2,3)5-6-8-4;1-2-3(4)5/h5-6H2,1-4H3;2H2,1H3,(H,4,5)/q+1;/p-1. The van der Waals surface area contributed by atoms with Crippen LogP contribution < -0.4 is 5.11 Å². The molecule has 0 aliphatic rings. The van der Waals surface area contributed by atoms with Crippen LogP contribution in [-0.4, -0.2) is 51.9 Å². The Morgan fingerprint density at radius 2 is 1.77 bits per heavy atom. The molecule has 0 aliphatic heterocycles. The molecule has 0 radical (unpaired) electrons. The van der Waals surface area contributed by atoms with Crippen molar-refractivity contribution in [3.05, 3.63) is 0 Å². The van der Waals surface area contributed by atoms with Crippen LogP contribution in [0.3, 0.4) is 0 Å². The normalized spacial score (nSPS) is 10.2. The predicted molar refractivity (Wildman–Crippen MR) is 50.1 cm³/mol. The van der Waals surface area contributed by atoms with Gasteiger partial charge in [0.2, 0.25) is 0 Å². The highest BCUT2D eigenvalue weighted by atomic mass is 16.5. The number of carbonyl (C=O) groups excluding carboxylic acids is 1. The molecular formula is C9H21NO3. The van der Waals surface area contributed by atoms with Crippen molar-refractivity contribution in [2.45, 2.75) is 13.3 Å². The first-order chi connectivity index (χ1) is 5.83. The Labute approximate surface area is 80.7 Å². The van der Waals surface area contributed by atoms with Gasteiger partial charge in [0, 0.05) is 13.1 Å². The number of hydrogen-bond acceptors (Lipinski definition) is 3. The van der Waals surface area contributed by atoms with Crippen LogP contribution in [0.5, 0.6) is 0 Å². The molecule has 0 aromatic rings. The van der Waals surface area contributed by atoms with Gasteiger partial charge < -0.3 is 19.1 Å². The van der Waals surface area contributed by atoms with Gasteiger partial charge in [-0.05, 0) is 6.42 Å². The van der Waals surface area contributed by atoms with E-state index in [0.29, 0.717) is 0 Å². The molecule has 0 aliphatic carbocycles. The molecule has 0 bridgehead atoms. The van der Waals surface area contributed by atoms with Crippen molar-refractivity contribution < 1.29 is 19.1 Å². The average molecular weight is 191 g/mol. The third-order valence-electron chi connectivity index (χ3n) is 1.25. The number of methoxy groups -OCH3 is 1. The number of carboxylic acid groups (broad SMARTS) is 1. The van der Waals surface area contributed by atoms with Crippen LogP contribution in [0.4, 0.5) is 0 Å². The Bertz CT molecular complexity index is 129. The molecule has 80 valence electrons. The lowest BCUT2D eigenvalue weighted by Gasteiger charge is -2.22. The van der Waals surface area contributed by atoms with Crippen molar-refractivity contribution >= 4 is 5.97 Å². The van der Waals surface area contributed by atoms with Gasteiger partial charge in [-0.15, -0.1) is 0 Å². The zero-order valence-corrected chi connectivity index (χ0v) is 9.29. The number of carboxylic acids is 1. The quantitative estimate of drug-likeness (QED) is 0.562. The van der Waals surface area contributed by atoms with Gasteiger partial charge in [0.1, 0.15) is 6.54 Å². The molecule has 0 heterocycles. The predicted octanol–water partition coefficient (Wildman–Crippen LogP) is -0.515. The molecule has 0 atom stereocenters. The molecule has 4 nitrogen and oxygen atoms in total. The van der Waals surface area contributed by atoms with Crippen LogP contribution in [0.1, 0.15) is 13.3 Å². The Hall–Kier alpha value is -0.610. The number of hydrogen-bond donors (Lipinski definition) is 0. The fourth-order valence-corrected chi connectivity index (χ4v) is 0.365. The molecule has 0 rings (SSSR count). The van der Waals surface area contributed by atoms with Gasteiger partial charge in [-0.3, -0.25) is 0 Å². The average Bonchev–Trinajstić information content (AvgIpc) is 2.00. The maximum absolute atomic E-state index is 9.26. The summed E-state index contributed by atoms with van der Waals surface area (Å²) in [4.78, 5) is 9.26. The first-order valence-corrected chi connectivity index (χ1v) is 4.32. The summed E-state index contributed by atoms with van der Waals surface area (Å²) < 4.78 is 5.88. The van der Waals surface area contributed by atoms with Crippen LogP contribution in [-0.2, 0) is 9.53 Å². The van der Waals surface area contributed by atoms with E-state index in [2.05, 4.69) is 21.1 Å². The monoisotopic (exact) mass is 191 g/mol. The van der Waals surface area contributed by atoms with Gasteiger partial charge in [0.15, 0.2) is 0 Å². The van der Waals surface area contributed by atoms with Crippen molar-refractivity contribution in [2.75, 3.05) is 41.4 Å². The number of quaternary nitrogens is 1. The number of ether oxygens (including phenoxy) is 1. The van der Waals surface area contributed by atoms with E-state index < -0.39 is 5.97 Å². The van der Waals surface area contributed by atoms with E-state index >= 15 is 0 Å². The van der Waals surface area contributed by atoms with E-state index in [1.807, 2.05) is 0 Å². The van der Waals surface area contributed by atoms with E-state index in [-0.39, 0.29) is 6.42 Å². The van der Waals surface area contributed by atoms with Gasteiger partial charge in [0.05, 0.1) is 27.7 Å². The second-order valence-corrected chi connectivity index (χ2v) is 3.73. The van der Waals surface area contributed by atoms with Crippen molar-refractivity contribution in [2.24, 2.45) is 0 Å². The van der Waals surface area contributed by atoms with Crippen LogP contribution in [0, 0.1) is 0 Å². The van der Waals surface area contributed by atoms with Crippen LogP contribution in [0.25, 0.3) is 0 Å². The summed E-state index contributed by atoms with van der Waals surface area (Å²) in [6.45, 7) is 3.47. The number of likely N-dealkylation sites (N-methyl/N-ethyl adjacent to an activating group) is 1. The maximum Gasteiger partial charge on any atom is 0.102 e. The van der Waals surface area contributed by atoms with Gasteiger partial charge in [-0.25, -0.2) is 0 Å². The minimum absolute atomic E-state index is 0.111. The summed E-state index contributed by atoms with van der Waals surface area (Å²) in [6.07, 6.45) is 0.111. The van der Waals surface area contributed by atoms with Gasteiger partial charge in [0.25, 0.3) is 0 Å². The number of carbonyl (C=O) groups is 1. The van der Waals surface area contributed by atoms with E-state index in [1.165, 1.54) is 6.92 Å². The van der Waals surface area contributed by atoms with E-state index in [4.69, 9.17) is 4.74 Å². The van der Waals surface area contributed by atoms with Crippen molar-refractivity contribution in [3.8, 4) is 0 Å². The van der Waals surface area contributed by atoms with Crippen molar-refractivity contribution in [3.63, 3.8) is 0 Å². The van der Waals surface area contributed by atoms with Crippen molar-refractivity contribution in [1.29, 1.82) is 0 Å². The highest BCUT2D eigenvalue weighted by Crippen LogP contribution is 1.87. The first-order valence-electron chi connectivity index (χ1n) is 4.32. The summed E-state index contributed by atoms with van der Waals surface area (Å²) in [6, 6.07) is 0. The maximum atomic E-state index is 9.26. The molecule has 0 unspecified atom stereocenters. The third-order valence-corrected chi connectivity index (χ3v) is 1.25. The van der Waals surface area contributed by atoms with Gasteiger partial charge in [-0.2, -0.15) is 0 Å². The van der Waals surface area contributed by atoms with Crippen LogP contribution in [0.2, 0.25) is 0 Å². The Kier molecular flexibility index (Phi) is 9.17. The lowest BCUT2D eigenvalue weighted by atomic mass is 10.5. The summed E-state index contributed by atoms with van der Waals surface area (Å²) in [5, 5.41) is 9.26. The number of aliphatic carboxylic acids is 1. The lowest BCUT2D eigenvalue weighted by Crippen LogP contribution is -2.37. The summed E-state index contributed by atoms with van der Waals surface area (Å²) in [5.41, 5.74) is 0. The summed E-state index contributed by atoms with van der Waals surface area (Å²) in [7, 11) is 8.19. The minimum Gasteiger partial charge on any atom is -0.550 e. The Morgan fingerprint density at radius 1 is 1.38 bits per heavy atom. The zero-order valence-electron chi connectivity index (χ0n) is 9.29. The Balaban J connectivity index is 0. The SMILES string of the molecule is CCC(=O)[O-].COCC[N+](C)(C)C. The van der Waals surface area contributed by atoms with E-state index in [1.54, 1.807) is 7.11 Å². The fraction of sp³-hybridized carbons (Fsp3) is 0.889. The third kappa shape index (κ3) is 24.6. The van der Waals surface area contributed by atoms with Crippen LogP contribution >= 0.6 is 0 Å². The number of rotatable bonds is 4. The van der Waals surface area contributed by atoms with Gasteiger partial charge >= 0.3 is 0 Å². The molecule has 0 aromatic carbocycles. The largest absolute Gasteiger partial charge is 0.550 e. The molecular weight excluding hydrogens is 170 g/mol. The first kappa shape index (κ1) is 14.9. The zero-order chi connectivity index (χ0) is 10.9. The molecule has 0 N–H and O–H groups in total. The molecule has 0 aromatic heterocycles. The molecule has 0 spiro atoms. The smallest absolute Gasteiger partial charge is 0.102 e.